The average molecular weight is 354 g/mol. The summed E-state index contributed by atoms with van der Waals surface area (Å²) in [5, 5.41) is 10.7. The summed E-state index contributed by atoms with van der Waals surface area (Å²) >= 11 is 5.21. The molecule has 0 aromatic carbocycles. The van der Waals surface area contributed by atoms with Gasteiger partial charge in [-0.3, -0.25) is 23.9 Å². The Bertz CT molecular complexity index is 1070. The van der Waals surface area contributed by atoms with E-state index in [1.165, 1.54) is 9.13 Å². The molecule has 0 radical (unpaired) electrons. The quantitative estimate of drug-likeness (QED) is 0.842. The van der Waals surface area contributed by atoms with Crippen molar-refractivity contribution in [1.29, 1.82) is 0 Å². The van der Waals surface area contributed by atoms with E-state index < -0.39 is 0 Å². The number of allylic oxidation sites excluding steroid dienone is 3. The van der Waals surface area contributed by atoms with Gasteiger partial charge < -0.3 is 5.11 Å². The van der Waals surface area contributed by atoms with Gasteiger partial charge in [-0.1, -0.05) is 6.07 Å². The molecule has 2 aromatic rings. The highest BCUT2D eigenvalue weighted by molar-refractivity contribution is 7.71. The molecular weight excluding hydrogens is 336 g/mol. The molecule has 3 rings (SSSR count). The number of aromatic hydroxyl groups is 1. The van der Waals surface area contributed by atoms with Gasteiger partial charge in [-0.2, -0.15) is 0 Å². The normalized spacial score (nSPS) is 15.8. The number of hydrogen-bond donors (Lipinski definition) is 1. The van der Waals surface area contributed by atoms with Crippen molar-refractivity contribution in [1.82, 2.24) is 14.1 Å². The van der Waals surface area contributed by atoms with Crippen molar-refractivity contribution < 1.29 is 5.11 Å². The van der Waals surface area contributed by atoms with E-state index >= 15 is 0 Å². The highest BCUT2D eigenvalue weighted by atomic mass is 32.1. The second kappa shape index (κ2) is 6.25. The topological polar surface area (TPSA) is 72.4 Å². The van der Waals surface area contributed by atoms with E-state index in [1.54, 1.807) is 32.4 Å². The summed E-state index contributed by atoms with van der Waals surface area (Å²) in [5.41, 5.74) is 3.28. The lowest BCUT2D eigenvalue weighted by molar-refractivity contribution is 0.413. The Morgan fingerprint density at radius 2 is 1.92 bits per heavy atom. The number of aromatic nitrogens is 3. The molecule has 0 amide bonds. The average Bonchev–Trinajstić information content (AvgIpc) is 2.93. The van der Waals surface area contributed by atoms with E-state index in [-0.39, 0.29) is 21.8 Å². The van der Waals surface area contributed by atoms with Gasteiger partial charge in [-0.15, -0.1) is 0 Å². The number of nitrogens with zero attached hydrogens (tertiary/aromatic N) is 4. The van der Waals surface area contributed by atoms with Crippen LogP contribution in [-0.4, -0.2) is 24.9 Å². The molecule has 2 aromatic heterocycles. The zero-order valence-electron chi connectivity index (χ0n) is 14.4. The van der Waals surface area contributed by atoms with Gasteiger partial charge in [0.2, 0.25) is 5.88 Å². The number of hydrogen-bond acceptors (Lipinski definition) is 5. The van der Waals surface area contributed by atoms with Crippen LogP contribution >= 0.6 is 12.2 Å². The van der Waals surface area contributed by atoms with Crippen LogP contribution < -0.4 is 5.56 Å². The zero-order chi connectivity index (χ0) is 18.3. The maximum absolute atomic E-state index is 12.9. The summed E-state index contributed by atoms with van der Waals surface area (Å²) in [7, 11) is 3.21. The lowest BCUT2D eigenvalue weighted by atomic mass is 9.95. The first-order valence-electron chi connectivity index (χ1n) is 7.72. The second-order valence-electron chi connectivity index (χ2n) is 5.89. The maximum atomic E-state index is 12.9. The summed E-state index contributed by atoms with van der Waals surface area (Å²) in [5.74, 6) is -0.188. The minimum Gasteiger partial charge on any atom is -0.494 e. The molecule has 1 aliphatic heterocycles. The fourth-order valence-electron chi connectivity index (χ4n) is 2.89. The molecule has 0 fully saturated rings. The largest absolute Gasteiger partial charge is 0.494 e. The van der Waals surface area contributed by atoms with Crippen molar-refractivity contribution >= 4 is 23.5 Å². The van der Waals surface area contributed by atoms with Crippen LogP contribution in [-0.2, 0) is 14.1 Å². The Labute approximate surface area is 150 Å². The van der Waals surface area contributed by atoms with Crippen LogP contribution in [0.15, 0.2) is 51.5 Å². The standard InChI is InChI=1S/C18H18N4O2S/c1-10-9-12(11(2)20-10)14(13-7-5-6-8-19-13)15-16(23)21(3)18(25)22(4)17(15)24/h5-9,23H,1-4H3/b14-12+. The molecule has 6 nitrogen and oxygen atoms in total. The van der Waals surface area contributed by atoms with Gasteiger partial charge >= 0.3 is 0 Å². The van der Waals surface area contributed by atoms with Crippen LogP contribution in [0, 0.1) is 4.77 Å². The summed E-state index contributed by atoms with van der Waals surface area (Å²) in [6.45, 7) is 3.76. The lowest BCUT2D eigenvalue weighted by Crippen LogP contribution is -2.26. The van der Waals surface area contributed by atoms with E-state index in [1.807, 2.05) is 26.0 Å². The van der Waals surface area contributed by atoms with Crippen LogP contribution in [0.1, 0.15) is 25.1 Å². The van der Waals surface area contributed by atoms with Crippen molar-refractivity contribution in [3.8, 4) is 5.88 Å². The SMILES string of the molecule is CC1=C/C(=C(/c2ccccn2)c2c(O)n(C)c(=S)n(C)c2=O)C(C)=N1. The van der Waals surface area contributed by atoms with Gasteiger partial charge in [0.05, 0.1) is 5.69 Å². The molecule has 25 heavy (non-hydrogen) atoms. The van der Waals surface area contributed by atoms with Crippen LogP contribution in [0.2, 0.25) is 0 Å². The Morgan fingerprint density at radius 3 is 2.48 bits per heavy atom. The maximum Gasteiger partial charge on any atom is 0.265 e. The first-order chi connectivity index (χ1) is 11.8. The lowest BCUT2D eigenvalue weighted by Gasteiger charge is -2.16. The number of aliphatic imine (C=N–C) groups is 1. The first kappa shape index (κ1) is 17.0. The molecule has 3 heterocycles. The molecule has 0 bridgehead atoms. The predicted molar refractivity (Wildman–Crippen MR) is 100 cm³/mol. The predicted octanol–water partition coefficient (Wildman–Crippen LogP) is 2.73. The third kappa shape index (κ3) is 2.76. The van der Waals surface area contributed by atoms with Crippen LogP contribution in [0.5, 0.6) is 5.88 Å². The molecule has 128 valence electrons. The molecule has 0 spiro atoms. The number of rotatable bonds is 2. The zero-order valence-corrected chi connectivity index (χ0v) is 15.3. The van der Waals surface area contributed by atoms with Crippen LogP contribution in [0.3, 0.4) is 0 Å². The number of pyridine rings is 1. The van der Waals surface area contributed by atoms with Crippen molar-refractivity contribution in [2.45, 2.75) is 13.8 Å². The van der Waals surface area contributed by atoms with Gasteiger partial charge in [-0.25, -0.2) is 0 Å². The Kier molecular flexibility index (Phi) is 4.26. The van der Waals surface area contributed by atoms with Crippen molar-refractivity contribution in [2.24, 2.45) is 19.1 Å². The molecular formula is C18H18N4O2S. The summed E-state index contributed by atoms with van der Waals surface area (Å²) in [6.07, 6.45) is 3.54. The molecule has 0 aliphatic carbocycles. The minimum atomic E-state index is -0.375. The highest BCUT2D eigenvalue weighted by Gasteiger charge is 2.25. The fourth-order valence-corrected chi connectivity index (χ4v) is 3.06. The minimum absolute atomic E-state index is 0.160. The van der Waals surface area contributed by atoms with Gasteiger partial charge in [0, 0.05) is 42.8 Å². The van der Waals surface area contributed by atoms with Gasteiger partial charge in [0.1, 0.15) is 5.56 Å². The molecule has 1 N–H and O–H groups in total. The van der Waals surface area contributed by atoms with Crippen molar-refractivity contribution in [2.75, 3.05) is 0 Å². The first-order valence-corrected chi connectivity index (χ1v) is 8.12. The monoisotopic (exact) mass is 354 g/mol. The Balaban J connectivity index is 2.50. The smallest absolute Gasteiger partial charge is 0.265 e. The van der Waals surface area contributed by atoms with E-state index in [2.05, 4.69) is 9.98 Å². The van der Waals surface area contributed by atoms with E-state index in [9.17, 15) is 9.90 Å². The summed E-state index contributed by atoms with van der Waals surface area (Å²) in [6, 6.07) is 5.44. The third-order valence-electron chi connectivity index (χ3n) is 4.16. The van der Waals surface area contributed by atoms with Gasteiger partial charge in [0.25, 0.3) is 5.56 Å². The van der Waals surface area contributed by atoms with E-state index in [4.69, 9.17) is 12.2 Å². The Morgan fingerprint density at radius 1 is 1.20 bits per heavy atom. The second-order valence-corrected chi connectivity index (χ2v) is 6.26. The highest BCUT2D eigenvalue weighted by Crippen LogP contribution is 2.33. The molecule has 7 heteroatoms. The molecule has 0 unspecified atom stereocenters. The molecule has 0 atom stereocenters. The van der Waals surface area contributed by atoms with Gasteiger partial charge in [0.15, 0.2) is 4.77 Å². The summed E-state index contributed by atoms with van der Waals surface area (Å²) < 4.78 is 2.99. The van der Waals surface area contributed by atoms with Crippen LogP contribution in [0.4, 0.5) is 0 Å². The van der Waals surface area contributed by atoms with E-state index in [0.29, 0.717) is 11.3 Å². The summed E-state index contributed by atoms with van der Waals surface area (Å²) in [4.78, 5) is 21.7. The van der Waals surface area contributed by atoms with Crippen molar-refractivity contribution in [3.05, 3.63) is 68.1 Å². The third-order valence-corrected chi connectivity index (χ3v) is 4.71. The fraction of sp³-hybridized carbons (Fsp3) is 0.222. The van der Waals surface area contributed by atoms with Gasteiger partial charge in [-0.05, 0) is 44.3 Å². The molecule has 0 saturated carbocycles. The molecule has 1 aliphatic rings. The van der Waals surface area contributed by atoms with E-state index in [0.717, 1.165) is 17.0 Å². The van der Waals surface area contributed by atoms with Crippen molar-refractivity contribution in [3.63, 3.8) is 0 Å². The Hall–Kier alpha value is -2.80. The molecule has 0 saturated heterocycles. The van der Waals surface area contributed by atoms with Crippen LogP contribution in [0.25, 0.3) is 5.57 Å².